The molecule has 1 aromatic carbocycles. The van der Waals surface area contributed by atoms with Crippen molar-refractivity contribution in [3.05, 3.63) is 29.0 Å². The minimum Gasteiger partial charge on any atom is -0.496 e. The molecule has 0 fully saturated rings. The number of benzene rings is 1. The Bertz CT molecular complexity index is 1080. The molecule has 2 aromatic rings. The monoisotopic (exact) mass is 478 g/mol. The smallest absolute Gasteiger partial charge is 0.338 e. The number of methoxy groups -OCH3 is 4. The second-order valence-corrected chi connectivity index (χ2v) is 7.71. The number of esters is 2. The van der Waals surface area contributed by atoms with Gasteiger partial charge in [0.05, 0.1) is 46.4 Å². The summed E-state index contributed by atoms with van der Waals surface area (Å²) in [4.78, 5) is 29.0. The molecule has 1 aliphatic rings. The molecule has 1 aromatic heterocycles. The molecule has 33 heavy (non-hydrogen) atoms. The first kappa shape index (κ1) is 24.2. The molecule has 12 heteroatoms. The highest BCUT2D eigenvalue weighted by Gasteiger charge is 2.37. The molecule has 11 nitrogen and oxygen atoms in total. The van der Waals surface area contributed by atoms with Crippen molar-refractivity contribution in [3.63, 3.8) is 0 Å². The van der Waals surface area contributed by atoms with Crippen LogP contribution in [0.2, 0.25) is 0 Å². The third-order valence-electron chi connectivity index (χ3n) is 4.91. The van der Waals surface area contributed by atoms with E-state index in [1.165, 1.54) is 28.4 Å². The van der Waals surface area contributed by atoms with Gasteiger partial charge in [-0.25, -0.2) is 9.48 Å². The van der Waals surface area contributed by atoms with E-state index in [0.29, 0.717) is 45.2 Å². The van der Waals surface area contributed by atoms with Crippen LogP contribution in [0, 0.1) is 0 Å². The van der Waals surface area contributed by atoms with Crippen LogP contribution in [0.4, 0.5) is 5.95 Å². The number of nitrogens with zero attached hydrogens (tertiary/aromatic N) is 3. The van der Waals surface area contributed by atoms with E-state index >= 15 is 0 Å². The molecule has 0 amide bonds. The Balaban J connectivity index is 2.18. The number of fused-ring (bicyclic) bond motifs is 1. The van der Waals surface area contributed by atoms with Gasteiger partial charge in [0, 0.05) is 17.3 Å². The minimum atomic E-state index is -0.741. The number of nitrogens with one attached hydrogen (secondary N) is 1. The maximum Gasteiger partial charge on any atom is 0.338 e. The van der Waals surface area contributed by atoms with E-state index in [-0.39, 0.29) is 12.4 Å². The summed E-state index contributed by atoms with van der Waals surface area (Å²) in [5.74, 6) is 0.915. The standard InChI is InChI=1S/C21H26N4O7S/c1-7-32-19(27)17-11(2)22-20-23-21(33-10-16(26)31-6)24-25(20)18(17)12-8-14(29-4)15(30-5)9-13(12)28-3/h8-9,18H,7,10H2,1-6H3,(H,22,23,24). The van der Waals surface area contributed by atoms with Crippen molar-refractivity contribution in [2.24, 2.45) is 0 Å². The molecule has 1 N–H and O–H groups in total. The zero-order valence-corrected chi connectivity index (χ0v) is 20.1. The number of carbonyl (C=O) groups is 2. The predicted octanol–water partition coefficient (Wildman–Crippen LogP) is 2.42. The molecule has 0 saturated heterocycles. The number of ether oxygens (including phenoxy) is 5. The van der Waals surface area contributed by atoms with E-state index in [2.05, 4.69) is 20.1 Å². The largest absolute Gasteiger partial charge is 0.496 e. The Morgan fingerprint density at radius 1 is 1.09 bits per heavy atom. The maximum absolute atomic E-state index is 13.0. The highest BCUT2D eigenvalue weighted by molar-refractivity contribution is 7.99. The van der Waals surface area contributed by atoms with Crippen molar-refractivity contribution in [3.8, 4) is 17.2 Å². The summed E-state index contributed by atoms with van der Waals surface area (Å²) in [6, 6.07) is 2.67. The number of hydrogen-bond acceptors (Lipinski definition) is 11. The van der Waals surface area contributed by atoms with Crippen LogP contribution in [-0.4, -0.2) is 67.5 Å². The molecule has 1 atom stereocenters. The van der Waals surface area contributed by atoms with Gasteiger partial charge in [-0.15, -0.1) is 5.10 Å². The van der Waals surface area contributed by atoms with Crippen molar-refractivity contribution >= 4 is 29.6 Å². The normalized spacial score (nSPS) is 14.8. The van der Waals surface area contributed by atoms with Crippen molar-refractivity contribution in [1.82, 2.24) is 14.8 Å². The van der Waals surface area contributed by atoms with Gasteiger partial charge in [-0.1, -0.05) is 11.8 Å². The molecular formula is C21H26N4O7S. The number of hydrogen-bond donors (Lipinski definition) is 1. The Labute approximate surface area is 195 Å². The molecule has 0 radical (unpaired) electrons. The fourth-order valence-corrected chi connectivity index (χ4v) is 4.06. The fraction of sp³-hybridized carbons (Fsp3) is 0.429. The zero-order valence-electron chi connectivity index (χ0n) is 19.3. The van der Waals surface area contributed by atoms with Crippen LogP contribution in [0.25, 0.3) is 0 Å². The van der Waals surface area contributed by atoms with Crippen molar-refractivity contribution < 1.29 is 33.3 Å². The summed E-state index contributed by atoms with van der Waals surface area (Å²) in [6.45, 7) is 3.69. The molecule has 178 valence electrons. The van der Waals surface area contributed by atoms with Crippen LogP contribution in [0.1, 0.15) is 25.5 Å². The van der Waals surface area contributed by atoms with Gasteiger partial charge < -0.3 is 29.0 Å². The second-order valence-electron chi connectivity index (χ2n) is 6.76. The molecule has 0 saturated carbocycles. The molecule has 0 spiro atoms. The number of thioether (sulfide) groups is 1. The Kier molecular flexibility index (Phi) is 7.69. The van der Waals surface area contributed by atoms with Crippen molar-refractivity contribution in [2.45, 2.75) is 25.0 Å². The second kappa shape index (κ2) is 10.5. The third kappa shape index (κ3) is 4.85. The molecule has 0 aliphatic carbocycles. The number of aromatic nitrogens is 3. The maximum atomic E-state index is 13.0. The van der Waals surface area contributed by atoms with Crippen LogP contribution in [0.3, 0.4) is 0 Å². The van der Waals surface area contributed by atoms with Crippen LogP contribution in [0.5, 0.6) is 17.2 Å². The van der Waals surface area contributed by atoms with Gasteiger partial charge in [0.25, 0.3) is 0 Å². The fourth-order valence-electron chi connectivity index (χ4n) is 3.40. The predicted molar refractivity (Wildman–Crippen MR) is 120 cm³/mol. The van der Waals surface area contributed by atoms with E-state index in [0.717, 1.165) is 11.8 Å². The highest BCUT2D eigenvalue weighted by Crippen LogP contribution is 2.44. The summed E-state index contributed by atoms with van der Waals surface area (Å²) in [6.07, 6.45) is 0. The summed E-state index contributed by atoms with van der Waals surface area (Å²) in [7, 11) is 5.88. The number of carbonyl (C=O) groups excluding carboxylic acids is 2. The van der Waals surface area contributed by atoms with E-state index in [1.807, 2.05) is 0 Å². The first-order valence-corrected chi connectivity index (χ1v) is 11.0. The summed E-state index contributed by atoms with van der Waals surface area (Å²) in [5, 5.41) is 7.98. The van der Waals surface area contributed by atoms with Crippen LogP contribution in [0.15, 0.2) is 28.6 Å². The molecule has 0 bridgehead atoms. The first-order valence-electron chi connectivity index (χ1n) is 9.99. The van der Waals surface area contributed by atoms with Crippen LogP contribution in [-0.2, 0) is 19.1 Å². The molecular weight excluding hydrogens is 452 g/mol. The topological polar surface area (TPSA) is 123 Å². The molecule has 1 aliphatic heterocycles. The van der Waals surface area contributed by atoms with Gasteiger partial charge >= 0.3 is 11.9 Å². The summed E-state index contributed by atoms with van der Waals surface area (Å²) in [5.41, 5.74) is 1.48. The number of rotatable bonds is 9. The quantitative estimate of drug-likeness (QED) is 0.422. The Morgan fingerprint density at radius 3 is 2.36 bits per heavy atom. The zero-order chi connectivity index (χ0) is 24.1. The lowest BCUT2D eigenvalue weighted by Gasteiger charge is -2.29. The van der Waals surface area contributed by atoms with Gasteiger partial charge in [-0.2, -0.15) is 4.98 Å². The molecule has 3 rings (SSSR count). The van der Waals surface area contributed by atoms with Crippen molar-refractivity contribution in [1.29, 1.82) is 0 Å². The van der Waals surface area contributed by atoms with Crippen LogP contribution >= 0.6 is 11.8 Å². The van der Waals surface area contributed by atoms with Gasteiger partial charge in [-0.05, 0) is 19.9 Å². The lowest BCUT2D eigenvalue weighted by Crippen LogP contribution is -2.30. The summed E-state index contributed by atoms with van der Waals surface area (Å²) < 4.78 is 28.1. The van der Waals surface area contributed by atoms with Gasteiger partial charge in [0.15, 0.2) is 11.5 Å². The van der Waals surface area contributed by atoms with E-state index in [4.69, 9.17) is 18.9 Å². The number of anilines is 1. The van der Waals surface area contributed by atoms with Gasteiger partial charge in [0.1, 0.15) is 11.8 Å². The van der Waals surface area contributed by atoms with Gasteiger partial charge in [-0.3, -0.25) is 4.79 Å². The van der Waals surface area contributed by atoms with Crippen LogP contribution < -0.4 is 19.5 Å². The minimum absolute atomic E-state index is 0.0431. The van der Waals surface area contributed by atoms with E-state index in [1.54, 1.807) is 30.7 Å². The lowest BCUT2D eigenvalue weighted by atomic mass is 9.94. The average molecular weight is 479 g/mol. The van der Waals surface area contributed by atoms with Crippen molar-refractivity contribution in [2.75, 3.05) is 46.1 Å². The third-order valence-corrected chi connectivity index (χ3v) is 5.72. The SMILES string of the molecule is CCOC(=O)C1=C(C)Nc2nc(SCC(=O)OC)nn2C1c1cc(OC)c(OC)cc1OC. The average Bonchev–Trinajstić information content (AvgIpc) is 3.23. The lowest BCUT2D eigenvalue weighted by molar-refractivity contribution is -0.139. The van der Waals surface area contributed by atoms with E-state index in [9.17, 15) is 9.59 Å². The summed E-state index contributed by atoms with van der Waals surface area (Å²) >= 11 is 1.12. The molecule has 2 heterocycles. The Hall–Kier alpha value is -3.41. The first-order chi connectivity index (χ1) is 15.9. The highest BCUT2D eigenvalue weighted by atomic mass is 32.2. The molecule has 1 unspecified atom stereocenters. The van der Waals surface area contributed by atoms with E-state index < -0.39 is 18.0 Å². The Morgan fingerprint density at radius 2 is 1.76 bits per heavy atom. The van der Waals surface area contributed by atoms with Gasteiger partial charge in [0.2, 0.25) is 11.1 Å². The number of allylic oxidation sites excluding steroid dienone is 1.